The van der Waals surface area contributed by atoms with E-state index < -0.39 is 0 Å². The van der Waals surface area contributed by atoms with Crippen molar-refractivity contribution in [3.8, 4) is 0 Å². The highest BCUT2D eigenvalue weighted by Crippen LogP contribution is 2.18. The topological polar surface area (TPSA) is 29.1 Å². The summed E-state index contributed by atoms with van der Waals surface area (Å²) in [5, 5.41) is 2.73. The number of carbonyl (C=O) groups excluding carboxylic acids is 1. The second kappa shape index (κ2) is 3.28. The average molecular weight is 159 g/mol. The van der Waals surface area contributed by atoms with E-state index in [0.717, 1.165) is 12.8 Å². The summed E-state index contributed by atoms with van der Waals surface area (Å²) in [6, 6.07) is 0.446. The molecular weight excluding hydrogens is 146 g/mol. The summed E-state index contributed by atoms with van der Waals surface area (Å²) in [5.74, 6) is 0.0630. The van der Waals surface area contributed by atoms with Crippen LogP contribution in [0.3, 0.4) is 0 Å². The molecule has 0 radical (unpaired) electrons. The molecule has 3 heteroatoms. The molecule has 58 valence electrons. The zero-order valence-electron chi connectivity index (χ0n) is 6.13. The molecule has 1 atom stereocenters. The summed E-state index contributed by atoms with van der Waals surface area (Å²) < 4.78 is 0. The summed E-state index contributed by atoms with van der Waals surface area (Å²) >= 11 is 4.02. The van der Waals surface area contributed by atoms with Crippen LogP contribution in [0.2, 0.25) is 0 Å². The van der Waals surface area contributed by atoms with Crippen molar-refractivity contribution in [1.82, 2.24) is 5.32 Å². The van der Waals surface area contributed by atoms with Crippen molar-refractivity contribution in [2.24, 2.45) is 0 Å². The van der Waals surface area contributed by atoms with Crippen LogP contribution in [-0.2, 0) is 4.79 Å². The lowest BCUT2D eigenvalue weighted by Crippen LogP contribution is -2.42. The zero-order valence-corrected chi connectivity index (χ0v) is 7.03. The van der Waals surface area contributed by atoms with Crippen molar-refractivity contribution in [2.45, 2.75) is 37.5 Å². The molecule has 0 spiro atoms. The van der Waals surface area contributed by atoms with E-state index in [9.17, 15) is 4.79 Å². The lowest BCUT2D eigenvalue weighted by molar-refractivity contribution is -0.121. The Morgan fingerprint density at radius 1 is 1.70 bits per heavy atom. The third-order valence-corrected chi connectivity index (χ3v) is 2.07. The van der Waals surface area contributed by atoms with Gasteiger partial charge in [0.2, 0.25) is 5.91 Å². The van der Waals surface area contributed by atoms with Crippen LogP contribution in [-0.4, -0.2) is 17.2 Å². The molecule has 0 aliphatic heterocycles. The molecule has 1 amide bonds. The Morgan fingerprint density at radius 2 is 2.30 bits per heavy atom. The van der Waals surface area contributed by atoms with Crippen molar-refractivity contribution in [3.05, 3.63) is 0 Å². The third kappa shape index (κ3) is 1.90. The number of rotatable bonds is 2. The number of nitrogens with one attached hydrogen (secondary N) is 1. The number of hydrogen-bond acceptors (Lipinski definition) is 2. The molecule has 0 bridgehead atoms. The second-order valence-electron chi connectivity index (χ2n) is 2.81. The van der Waals surface area contributed by atoms with Crippen molar-refractivity contribution in [2.75, 3.05) is 0 Å². The minimum absolute atomic E-state index is 0.0630. The fourth-order valence-electron chi connectivity index (χ4n) is 0.874. The molecule has 0 aromatic rings. The van der Waals surface area contributed by atoms with Crippen LogP contribution in [0.5, 0.6) is 0 Å². The summed E-state index contributed by atoms with van der Waals surface area (Å²) in [5.41, 5.74) is 0. The Morgan fingerprint density at radius 3 is 2.60 bits per heavy atom. The average Bonchev–Trinajstić information content (AvgIpc) is 1.77. The van der Waals surface area contributed by atoms with Gasteiger partial charge in [-0.2, -0.15) is 12.6 Å². The summed E-state index contributed by atoms with van der Waals surface area (Å²) in [6.45, 7) is 1.79. The van der Waals surface area contributed by atoms with Crippen LogP contribution >= 0.6 is 12.6 Å². The lowest BCUT2D eigenvalue weighted by Gasteiger charge is -2.26. The lowest BCUT2D eigenvalue weighted by atomic mass is 9.93. The van der Waals surface area contributed by atoms with E-state index in [0.29, 0.717) is 6.04 Å². The Labute approximate surface area is 66.8 Å². The predicted octanol–water partition coefficient (Wildman–Crippen LogP) is 0.973. The van der Waals surface area contributed by atoms with Gasteiger partial charge in [-0.3, -0.25) is 4.79 Å². The van der Waals surface area contributed by atoms with Crippen molar-refractivity contribution < 1.29 is 4.79 Å². The van der Waals surface area contributed by atoms with Gasteiger partial charge in [0.25, 0.3) is 0 Å². The van der Waals surface area contributed by atoms with Gasteiger partial charge in [-0.05, 0) is 26.2 Å². The van der Waals surface area contributed by atoms with Crippen molar-refractivity contribution in [3.63, 3.8) is 0 Å². The summed E-state index contributed by atoms with van der Waals surface area (Å²) in [6.07, 6.45) is 3.55. The number of carbonyl (C=O) groups is 1. The van der Waals surface area contributed by atoms with Gasteiger partial charge >= 0.3 is 0 Å². The maximum atomic E-state index is 11.0. The van der Waals surface area contributed by atoms with Gasteiger partial charge in [0.15, 0.2) is 0 Å². The minimum Gasteiger partial charge on any atom is -0.352 e. The van der Waals surface area contributed by atoms with E-state index in [2.05, 4.69) is 17.9 Å². The molecule has 2 nitrogen and oxygen atoms in total. The van der Waals surface area contributed by atoms with Gasteiger partial charge in [-0.1, -0.05) is 0 Å². The molecule has 1 aliphatic rings. The van der Waals surface area contributed by atoms with Gasteiger partial charge in [-0.25, -0.2) is 0 Å². The number of hydrogen-bond donors (Lipinski definition) is 2. The molecule has 1 fully saturated rings. The molecule has 10 heavy (non-hydrogen) atoms. The molecule has 0 aromatic carbocycles. The normalized spacial score (nSPS) is 21.4. The van der Waals surface area contributed by atoms with E-state index in [1.807, 2.05) is 0 Å². The van der Waals surface area contributed by atoms with Crippen LogP contribution in [0.25, 0.3) is 0 Å². The van der Waals surface area contributed by atoms with E-state index in [1.54, 1.807) is 6.92 Å². The van der Waals surface area contributed by atoms with E-state index in [4.69, 9.17) is 0 Å². The Hall–Kier alpha value is -0.180. The first kappa shape index (κ1) is 7.92. The van der Waals surface area contributed by atoms with Crippen molar-refractivity contribution in [1.29, 1.82) is 0 Å². The van der Waals surface area contributed by atoms with E-state index in [-0.39, 0.29) is 11.2 Å². The first-order valence-corrected chi connectivity index (χ1v) is 4.20. The van der Waals surface area contributed by atoms with E-state index in [1.165, 1.54) is 6.42 Å². The predicted molar refractivity (Wildman–Crippen MR) is 44.2 cm³/mol. The van der Waals surface area contributed by atoms with Crippen LogP contribution in [0.4, 0.5) is 0 Å². The second-order valence-corrected chi connectivity index (χ2v) is 3.59. The number of thiol groups is 1. The summed E-state index contributed by atoms with van der Waals surface area (Å²) in [7, 11) is 0. The highest BCUT2D eigenvalue weighted by atomic mass is 32.1. The standard InChI is InChI=1S/C7H13NOS/c1-5(10)7(9)8-6-3-2-4-6/h5-6,10H,2-4H2,1H3,(H,8,9)/t5-/m1/s1. The maximum absolute atomic E-state index is 11.0. The zero-order chi connectivity index (χ0) is 7.56. The first-order valence-electron chi connectivity index (χ1n) is 3.68. The monoisotopic (exact) mass is 159 g/mol. The van der Waals surface area contributed by atoms with Gasteiger partial charge in [0.1, 0.15) is 0 Å². The molecule has 0 saturated heterocycles. The molecule has 1 rings (SSSR count). The van der Waals surface area contributed by atoms with Gasteiger partial charge in [0.05, 0.1) is 5.25 Å². The molecule has 1 N–H and O–H groups in total. The van der Waals surface area contributed by atoms with Gasteiger partial charge < -0.3 is 5.32 Å². The van der Waals surface area contributed by atoms with Crippen LogP contribution in [0, 0.1) is 0 Å². The highest BCUT2D eigenvalue weighted by Gasteiger charge is 2.20. The third-order valence-electron chi connectivity index (χ3n) is 1.83. The maximum Gasteiger partial charge on any atom is 0.232 e. The summed E-state index contributed by atoms with van der Waals surface area (Å²) in [4.78, 5) is 11.0. The Bertz CT molecular complexity index is 132. The molecule has 1 aliphatic carbocycles. The first-order chi connectivity index (χ1) is 4.70. The fourth-order valence-corrected chi connectivity index (χ4v) is 0.949. The molecule has 0 unspecified atom stereocenters. The van der Waals surface area contributed by atoms with Crippen LogP contribution < -0.4 is 5.32 Å². The van der Waals surface area contributed by atoms with Crippen LogP contribution in [0.1, 0.15) is 26.2 Å². The molecule has 1 saturated carbocycles. The molecule has 0 aromatic heterocycles. The SMILES string of the molecule is C[C@@H](S)C(=O)NC1CCC1. The largest absolute Gasteiger partial charge is 0.352 e. The Kier molecular flexibility index (Phi) is 2.60. The van der Waals surface area contributed by atoms with Crippen molar-refractivity contribution >= 4 is 18.5 Å². The Balaban J connectivity index is 2.17. The quantitative estimate of drug-likeness (QED) is 0.578. The smallest absolute Gasteiger partial charge is 0.232 e. The molecule has 0 heterocycles. The minimum atomic E-state index is -0.166. The number of amides is 1. The van der Waals surface area contributed by atoms with Crippen LogP contribution in [0.15, 0.2) is 0 Å². The van der Waals surface area contributed by atoms with Gasteiger partial charge in [-0.15, -0.1) is 0 Å². The van der Waals surface area contributed by atoms with Gasteiger partial charge in [0, 0.05) is 6.04 Å². The fraction of sp³-hybridized carbons (Fsp3) is 0.857. The molecular formula is C7H13NOS. The highest BCUT2D eigenvalue weighted by molar-refractivity contribution is 7.81. The van der Waals surface area contributed by atoms with E-state index >= 15 is 0 Å².